The highest BCUT2D eigenvalue weighted by atomic mass is 16.3. The molecule has 0 bridgehead atoms. The molecular weight excluding hydrogens is 226 g/mol. The minimum Gasteiger partial charge on any atom is -0.397 e. The lowest BCUT2D eigenvalue weighted by atomic mass is 9.74. The van der Waals surface area contributed by atoms with Crippen LogP contribution in [-0.2, 0) is 0 Å². The molecule has 2 rings (SSSR count). The second-order valence-corrected chi connectivity index (χ2v) is 5.42. The van der Waals surface area contributed by atoms with Gasteiger partial charge in [-0.3, -0.25) is 0 Å². The highest BCUT2D eigenvalue weighted by Gasteiger charge is 2.31. The number of nitrogens with one attached hydrogen (secondary N) is 1. The Morgan fingerprint density at radius 1 is 1.11 bits per heavy atom. The maximum Gasteiger partial charge on any atom is 0.0568 e. The van der Waals surface area contributed by atoms with E-state index >= 15 is 0 Å². The molecule has 0 heterocycles. The van der Waals surface area contributed by atoms with Gasteiger partial charge in [0, 0.05) is 17.6 Å². The van der Waals surface area contributed by atoms with E-state index in [2.05, 4.69) is 5.32 Å². The van der Waals surface area contributed by atoms with Gasteiger partial charge in [0.15, 0.2) is 0 Å². The molecule has 4 heteroatoms. The molecular formula is C14H23N3O. The number of hydrogen-bond donors (Lipinski definition) is 4. The predicted molar refractivity (Wildman–Crippen MR) is 76.4 cm³/mol. The first-order chi connectivity index (χ1) is 8.65. The Bertz CT molecular complexity index is 400. The van der Waals surface area contributed by atoms with Crippen LogP contribution in [-0.4, -0.2) is 18.3 Å². The summed E-state index contributed by atoms with van der Waals surface area (Å²) >= 11 is 0. The van der Waals surface area contributed by atoms with Gasteiger partial charge in [0.05, 0.1) is 18.0 Å². The number of benzene rings is 1. The first-order valence-electron chi connectivity index (χ1n) is 6.65. The summed E-state index contributed by atoms with van der Waals surface area (Å²) in [4.78, 5) is 0. The third-order valence-corrected chi connectivity index (χ3v) is 4.00. The molecule has 0 atom stereocenters. The highest BCUT2D eigenvalue weighted by Crippen LogP contribution is 2.36. The van der Waals surface area contributed by atoms with Crippen LogP contribution in [0.2, 0.25) is 0 Å². The van der Waals surface area contributed by atoms with Gasteiger partial charge < -0.3 is 21.9 Å². The van der Waals surface area contributed by atoms with Crippen molar-refractivity contribution in [2.45, 2.75) is 32.1 Å². The van der Waals surface area contributed by atoms with Gasteiger partial charge >= 0.3 is 0 Å². The topological polar surface area (TPSA) is 84.3 Å². The van der Waals surface area contributed by atoms with Crippen LogP contribution in [0.4, 0.5) is 17.1 Å². The Hall–Kier alpha value is -1.42. The molecule has 0 spiro atoms. The summed E-state index contributed by atoms with van der Waals surface area (Å²) in [6.07, 6.45) is 5.91. The molecule has 4 nitrogen and oxygen atoms in total. The number of aliphatic hydroxyl groups is 1. The van der Waals surface area contributed by atoms with E-state index in [0.29, 0.717) is 11.4 Å². The van der Waals surface area contributed by atoms with E-state index in [-0.39, 0.29) is 12.0 Å². The average Bonchev–Trinajstić information content (AvgIpc) is 2.41. The number of nitrogens with two attached hydrogens (primary N) is 2. The number of anilines is 3. The smallest absolute Gasteiger partial charge is 0.0568 e. The molecule has 1 fully saturated rings. The van der Waals surface area contributed by atoms with Gasteiger partial charge in [0.2, 0.25) is 0 Å². The molecule has 1 saturated carbocycles. The van der Waals surface area contributed by atoms with Crippen LogP contribution in [0.15, 0.2) is 18.2 Å². The fraction of sp³-hybridized carbons (Fsp3) is 0.571. The summed E-state index contributed by atoms with van der Waals surface area (Å²) in [6, 6.07) is 5.59. The SMILES string of the molecule is Nc1ccc(NCC2(CO)CCCCC2)cc1N. The van der Waals surface area contributed by atoms with Gasteiger partial charge in [-0.1, -0.05) is 19.3 Å². The molecule has 1 aliphatic carbocycles. The Kier molecular flexibility index (Phi) is 3.97. The zero-order valence-corrected chi connectivity index (χ0v) is 10.8. The van der Waals surface area contributed by atoms with Crippen LogP contribution >= 0.6 is 0 Å². The van der Waals surface area contributed by atoms with Crippen molar-refractivity contribution >= 4 is 17.1 Å². The van der Waals surface area contributed by atoms with Gasteiger partial charge in [-0.05, 0) is 31.0 Å². The van der Waals surface area contributed by atoms with Crippen LogP contribution in [0.3, 0.4) is 0 Å². The Morgan fingerprint density at radius 2 is 1.83 bits per heavy atom. The van der Waals surface area contributed by atoms with Crippen molar-refractivity contribution in [3.8, 4) is 0 Å². The molecule has 1 aromatic carbocycles. The molecule has 0 aliphatic heterocycles. The molecule has 1 aromatic rings. The first kappa shape index (κ1) is 13.0. The summed E-state index contributed by atoms with van der Waals surface area (Å²) < 4.78 is 0. The fourth-order valence-corrected chi connectivity index (χ4v) is 2.67. The van der Waals surface area contributed by atoms with Crippen LogP contribution in [0.25, 0.3) is 0 Å². The lowest BCUT2D eigenvalue weighted by molar-refractivity contribution is 0.0944. The van der Waals surface area contributed by atoms with E-state index in [1.807, 2.05) is 18.2 Å². The van der Waals surface area contributed by atoms with Gasteiger partial charge in [-0.15, -0.1) is 0 Å². The first-order valence-corrected chi connectivity index (χ1v) is 6.65. The number of rotatable bonds is 4. The summed E-state index contributed by atoms with van der Waals surface area (Å²) in [5, 5.41) is 13.0. The maximum atomic E-state index is 9.63. The van der Waals surface area contributed by atoms with Crippen molar-refractivity contribution in [2.75, 3.05) is 29.9 Å². The molecule has 100 valence electrons. The van der Waals surface area contributed by atoms with Crippen LogP contribution in [0.1, 0.15) is 32.1 Å². The van der Waals surface area contributed by atoms with Crippen LogP contribution in [0.5, 0.6) is 0 Å². The fourth-order valence-electron chi connectivity index (χ4n) is 2.67. The van der Waals surface area contributed by atoms with Gasteiger partial charge in [0.1, 0.15) is 0 Å². The summed E-state index contributed by atoms with van der Waals surface area (Å²) in [5.41, 5.74) is 13.7. The van der Waals surface area contributed by atoms with Crippen molar-refractivity contribution in [2.24, 2.45) is 5.41 Å². The van der Waals surface area contributed by atoms with Gasteiger partial charge in [-0.25, -0.2) is 0 Å². The largest absolute Gasteiger partial charge is 0.397 e. The van der Waals surface area contributed by atoms with Crippen LogP contribution in [0, 0.1) is 5.41 Å². The molecule has 0 radical (unpaired) electrons. The van der Waals surface area contributed by atoms with Crippen molar-refractivity contribution in [1.82, 2.24) is 0 Å². The lowest BCUT2D eigenvalue weighted by Crippen LogP contribution is -2.35. The molecule has 0 unspecified atom stereocenters. The van der Waals surface area contributed by atoms with Gasteiger partial charge in [0.25, 0.3) is 0 Å². The second-order valence-electron chi connectivity index (χ2n) is 5.42. The van der Waals surface area contributed by atoms with E-state index in [1.54, 1.807) is 0 Å². The van der Waals surface area contributed by atoms with Crippen molar-refractivity contribution in [3.63, 3.8) is 0 Å². The van der Waals surface area contributed by atoms with E-state index in [1.165, 1.54) is 19.3 Å². The lowest BCUT2D eigenvalue weighted by Gasteiger charge is -2.36. The molecule has 1 aliphatic rings. The average molecular weight is 249 g/mol. The number of nitrogen functional groups attached to an aromatic ring is 2. The third kappa shape index (κ3) is 2.88. The Balaban J connectivity index is 1.98. The number of aliphatic hydroxyl groups excluding tert-OH is 1. The maximum absolute atomic E-state index is 9.63. The summed E-state index contributed by atoms with van der Waals surface area (Å²) in [6.45, 7) is 1.05. The van der Waals surface area contributed by atoms with Gasteiger partial charge in [-0.2, -0.15) is 0 Å². The summed E-state index contributed by atoms with van der Waals surface area (Å²) in [7, 11) is 0. The molecule has 0 aromatic heterocycles. The predicted octanol–water partition coefficient (Wildman–Crippen LogP) is 2.21. The molecule has 6 N–H and O–H groups in total. The van der Waals surface area contributed by atoms with E-state index in [0.717, 1.165) is 25.1 Å². The standard InChI is InChI=1S/C14H23N3O/c15-12-5-4-11(8-13(12)16)17-9-14(10-18)6-2-1-3-7-14/h4-5,8,17-18H,1-3,6-7,9-10,15-16H2. The Labute approximate surface area is 108 Å². The zero-order chi connectivity index (χ0) is 13.0. The minimum atomic E-state index is 0.0361. The van der Waals surface area contributed by atoms with Crippen molar-refractivity contribution in [1.29, 1.82) is 0 Å². The third-order valence-electron chi connectivity index (χ3n) is 4.00. The van der Waals surface area contributed by atoms with E-state index in [4.69, 9.17) is 11.5 Å². The van der Waals surface area contributed by atoms with E-state index in [9.17, 15) is 5.11 Å². The second kappa shape index (κ2) is 5.48. The zero-order valence-electron chi connectivity index (χ0n) is 10.8. The minimum absolute atomic E-state index is 0.0361. The molecule has 0 amide bonds. The monoisotopic (exact) mass is 249 g/mol. The van der Waals surface area contributed by atoms with Crippen LogP contribution < -0.4 is 16.8 Å². The molecule has 0 saturated heterocycles. The van der Waals surface area contributed by atoms with Crippen molar-refractivity contribution in [3.05, 3.63) is 18.2 Å². The number of hydrogen-bond acceptors (Lipinski definition) is 4. The summed E-state index contributed by atoms with van der Waals surface area (Å²) in [5.74, 6) is 0. The quantitative estimate of drug-likeness (QED) is 0.616. The van der Waals surface area contributed by atoms with E-state index < -0.39 is 0 Å². The normalized spacial score (nSPS) is 18.5. The highest BCUT2D eigenvalue weighted by molar-refractivity contribution is 5.69. The Morgan fingerprint density at radius 3 is 2.44 bits per heavy atom. The molecule has 18 heavy (non-hydrogen) atoms. The van der Waals surface area contributed by atoms with Crippen molar-refractivity contribution < 1.29 is 5.11 Å².